The quantitative estimate of drug-likeness (QED) is 0.155. The van der Waals surface area contributed by atoms with Gasteiger partial charge in [-0.15, -0.1) is 0 Å². The summed E-state index contributed by atoms with van der Waals surface area (Å²) < 4.78 is 5.79. The average molecular weight is 1230 g/mol. The van der Waals surface area contributed by atoms with Crippen molar-refractivity contribution in [3.8, 4) is 67.0 Å². The smallest absolute Gasteiger partial charge is 0.344 e. The molecule has 0 unspecified atom stereocenters. The standard InChI is InChI=1S/2C30H24.C21H18O2.C12H12/c2*1-3-12-22(13-4-1)28-25-17-9-10-18-26(25)29(23-14-5-2-6-15-23)30-24-16-8-7-11-21(24)19-20-27(28)30;22-21-19(15-9-3-1-4-10-15)17-13-7-8-14-18(17)20(23-21)16-11-5-2-6-12-16;1-9-7-8-11-5-3-4-6-12(11)10(9)2/h2*1-8,11-16,19-20H,9-10,17-18H2;1-6,9-12H,7-8,13-14H2;3-8H,1-2H3. The summed E-state index contributed by atoms with van der Waals surface area (Å²) in [4.78, 5) is 12.7. The van der Waals surface area contributed by atoms with E-state index in [0.717, 1.165) is 48.1 Å². The summed E-state index contributed by atoms with van der Waals surface area (Å²) in [5.74, 6) is 0.755. The first kappa shape index (κ1) is 60.6. The maximum Gasteiger partial charge on any atom is 0.344 e. The van der Waals surface area contributed by atoms with E-state index in [-0.39, 0.29) is 5.63 Å². The number of hydrogen-bond acceptors (Lipinski definition) is 2. The molecule has 2 nitrogen and oxygen atoms in total. The SMILES string of the molecule is Cc1ccc2ccccc2c1C.O=c1oc(-c2ccccc2)c2c(c1-c1ccccc1)CCCC2.c1ccc(-c2c3c(c(-c4ccccc4)c4c2ccc2ccccc24)CCCC3)cc1.c1ccc(-c2c3c(c(-c4ccccc4)c4c2ccc2ccccc24)CCCC3)cc1. The summed E-state index contributed by atoms with van der Waals surface area (Å²) in [7, 11) is 0. The largest absolute Gasteiger partial charge is 0.422 e. The van der Waals surface area contributed by atoms with Gasteiger partial charge in [-0.3, -0.25) is 0 Å². The van der Waals surface area contributed by atoms with E-state index in [1.165, 1.54) is 172 Å². The van der Waals surface area contributed by atoms with Crippen LogP contribution in [0, 0.1) is 13.8 Å². The molecule has 0 N–H and O–H groups in total. The molecular weight excluding hydrogens is 1150 g/mol. The zero-order chi connectivity index (χ0) is 64.0. The molecule has 0 radical (unpaired) electrons. The normalized spacial score (nSPS) is 13.1. The summed E-state index contributed by atoms with van der Waals surface area (Å²) in [5, 5.41) is 13.7. The monoisotopic (exact) mass is 1230 g/mol. The number of rotatable bonds is 6. The lowest BCUT2D eigenvalue weighted by Crippen LogP contribution is -2.15. The van der Waals surface area contributed by atoms with Crippen molar-refractivity contribution >= 4 is 53.9 Å². The molecule has 0 amide bonds. The molecule has 0 saturated heterocycles. The van der Waals surface area contributed by atoms with Crippen LogP contribution in [0.5, 0.6) is 0 Å². The maximum atomic E-state index is 12.7. The predicted octanol–water partition coefficient (Wildman–Crippen LogP) is 24.7. The van der Waals surface area contributed by atoms with Crippen LogP contribution in [0.3, 0.4) is 0 Å². The van der Waals surface area contributed by atoms with E-state index in [4.69, 9.17) is 4.42 Å². The molecule has 0 atom stereocenters. The minimum atomic E-state index is -0.226. The predicted molar refractivity (Wildman–Crippen MR) is 404 cm³/mol. The fraction of sp³-hybridized carbons (Fsp3) is 0.151. The molecule has 1 heterocycles. The molecule has 0 spiro atoms. The van der Waals surface area contributed by atoms with Gasteiger partial charge in [0.25, 0.3) is 0 Å². The Hall–Kier alpha value is -10.7. The van der Waals surface area contributed by atoms with Crippen LogP contribution in [-0.4, -0.2) is 0 Å². The first-order valence-electron chi connectivity index (χ1n) is 34.4. The van der Waals surface area contributed by atoms with Crippen LogP contribution < -0.4 is 5.63 Å². The zero-order valence-corrected chi connectivity index (χ0v) is 54.5. The summed E-state index contributed by atoms with van der Waals surface area (Å²) in [5.41, 5.74) is 25.1. The van der Waals surface area contributed by atoms with Crippen molar-refractivity contribution in [2.45, 2.75) is 90.9 Å². The van der Waals surface area contributed by atoms with Crippen LogP contribution in [-0.2, 0) is 38.5 Å². The highest BCUT2D eigenvalue weighted by molar-refractivity contribution is 6.21. The van der Waals surface area contributed by atoms with Gasteiger partial charge < -0.3 is 4.42 Å². The summed E-state index contributed by atoms with van der Waals surface area (Å²) in [6.45, 7) is 4.33. The van der Waals surface area contributed by atoms with Crippen molar-refractivity contribution in [2.24, 2.45) is 0 Å². The van der Waals surface area contributed by atoms with Gasteiger partial charge in [0.2, 0.25) is 0 Å². The molecule has 18 rings (SSSR count). The Balaban J connectivity index is 0.000000109. The Morgan fingerprint density at radius 2 is 0.526 bits per heavy atom. The number of aryl methyl sites for hydroxylation is 2. The number of fused-ring (bicyclic) bond motifs is 10. The lowest BCUT2D eigenvalue weighted by molar-refractivity contribution is 0.510. The van der Waals surface area contributed by atoms with E-state index in [9.17, 15) is 4.79 Å². The molecule has 462 valence electrons. The van der Waals surface area contributed by atoms with E-state index < -0.39 is 0 Å². The van der Waals surface area contributed by atoms with Crippen molar-refractivity contribution in [2.75, 3.05) is 0 Å². The van der Waals surface area contributed by atoms with Crippen molar-refractivity contribution in [1.82, 2.24) is 0 Å². The molecule has 15 aromatic rings. The van der Waals surface area contributed by atoms with E-state index in [1.54, 1.807) is 22.3 Å². The molecule has 0 fully saturated rings. The Bertz CT molecular complexity index is 5080. The highest BCUT2D eigenvalue weighted by Crippen LogP contribution is 2.49. The highest BCUT2D eigenvalue weighted by Gasteiger charge is 2.28. The van der Waals surface area contributed by atoms with Gasteiger partial charge in [-0.05, 0) is 239 Å². The van der Waals surface area contributed by atoms with Gasteiger partial charge in [0.1, 0.15) is 5.76 Å². The number of hydrogen-bond donors (Lipinski definition) is 0. The van der Waals surface area contributed by atoms with Gasteiger partial charge in [0.05, 0.1) is 5.56 Å². The second kappa shape index (κ2) is 27.5. The van der Waals surface area contributed by atoms with Gasteiger partial charge in [0.15, 0.2) is 0 Å². The Kier molecular flexibility index (Phi) is 17.5. The van der Waals surface area contributed by atoms with E-state index in [2.05, 4.69) is 244 Å². The Labute approximate surface area is 558 Å². The van der Waals surface area contributed by atoms with Crippen LogP contribution in [0.2, 0.25) is 0 Å². The fourth-order valence-electron chi connectivity index (χ4n) is 15.8. The van der Waals surface area contributed by atoms with E-state index >= 15 is 0 Å². The minimum Gasteiger partial charge on any atom is -0.422 e. The van der Waals surface area contributed by atoms with Gasteiger partial charge in [-0.2, -0.15) is 0 Å². The number of benzene rings is 14. The lowest BCUT2D eigenvalue weighted by Gasteiger charge is -2.27. The van der Waals surface area contributed by atoms with E-state index in [0.29, 0.717) is 0 Å². The Morgan fingerprint density at radius 3 is 0.926 bits per heavy atom. The molecule has 2 heteroatoms. The third-order valence-corrected chi connectivity index (χ3v) is 20.3. The third kappa shape index (κ3) is 12.0. The second-order valence-corrected chi connectivity index (χ2v) is 25.9. The molecule has 3 aliphatic carbocycles. The molecule has 0 saturated carbocycles. The average Bonchev–Trinajstić information content (AvgIpc) is 0.734. The maximum absolute atomic E-state index is 12.7. The fourth-order valence-corrected chi connectivity index (χ4v) is 15.8. The molecule has 1 aromatic heterocycles. The molecule has 3 aliphatic rings. The van der Waals surface area contributed by atoms with Gasteiger partial charge in [-0.25, -0.2) is 4.79 Å². The molecule has 0 aliphatic heterocycles. The lowest BCUT2D eigenvalue weighted by atomic mass is 9.77. The highest BCUT2D eigenvalue weighted by atomic mass is 16.4. The van der Waals surface area contributed by atoms with Gasteiger partial charge in [0, 0.05) is 5.56 Å². The Morgan fingerprint density at radius 1 is 0.242 bits per heavy atom. The summed E-state index contributed by atoms with van der Waals surface area (Å²) in [6, 6.07) is 104. The van der Waals surface area contributed by atoms with Crippen LogP contribution in [0.15, 0.2) is 300 Å². The molecular formula is C93H78O2. The van der Waals surface area contributed by atoms with Crippen molar-refractivity contribution in [3.63, 3.8) is 0 Å². The topological polar surface area (TPSA) is 30.2 Å². The van der Waals surface area contributed by atoms with E-state index in [1.807, 2.05) is 60.7 Å². The molecule has 95 heavy (non-hydrogen) atoms. The van der Waals surface area contributed by atoms with Crippen molar-refractivity contribution in [3.05, 3.63) is 346 Å². The first-order valence-corrected chi connectivity index (χ1v) is 34.4. The summed E-state index contributed by atoms with van der Waals surface area (Å²) in [6.07, 6.45) is 14.0. The van der Waals surface area contributed by atoms with Crippen LogP contribution in [0.4, 0.5) is 0 Å². The molecule has 0 bridgehead atoms. The van der Waals surface area contributed by atoms with Crippen molar-refractivity contribution < 1.29 is 4.42 Å². The van der Waals surface area contributed by atoms with Crippen LogP contribution >= 0.6 is 0 Å². The summed E-state index contributed by atoms with van der Waals surface area (Å²) >= 11 is 0. The van der Waals surface area contributed by atoms with Crippen molar-refractivity contribution in [1.29, 1.82) is 0 Å². The second-order valence-electron chi connectivity index (χ2n) is 25.9. The third-order valence-electron chi connectivity index (χ3n) is 20.3. The minimum absolute atomic E-state index is 0.226. The van der Waals surface area contributed by atoms with Gasteiger partial charge in [-0.1, -0.05) is 291 Å². The molecule has 14 aromatic carbocycles. The van der Waals surface area contributed by atoms with Crippen LogP contribution in [0.1, 0.15) is 83.0 Å². The van der Waals surface area contributed by atoms with Gasteiger partial charge >= 0.3 is 5.63 Å². The van der Waals surface area contributed by atoms with Crippen LogP contribution in [0.25, 0.3) is 121 Å². The zero-order valence-electron chi connectivity index (χ0n) is 54.5. The first-order chi connectivity index (χ1) is 47.0.